The van der Waals surface area contributed by atoms with Crippen molar-refractivity contribution < 1.29 is 17.9 Å². The van der Waals surface area contributed by atoms with E-state index in [1.165, 1.54) is 19.3 Å². The zero-order chi connectivity index (χ0) is 20.8. The average Bonchev–Trinajstić information content (AvgIpc) is 2.71. The number of hydrogen-bond donors (Lipinski definition) is 0. The van der Waals surface area contributed by atoms with Crippen LogP contribution in [0.4, 0.5) is 13.2 Å². The second kappa shape index (κ2) is 10.00. The van der Waals surface area contributed by atoms with Gasteiger partial charge in [0, 0.05) is 10.9 Å². The number of hydrogen-bond acceptors (Lipinski definition) is 1. The van der Waals surface area contributed by atoms with Crippen molar-refractivity contribution in [3.8, 4) is 5.75 Å². The van der Waals surface area contributed by atoms with Gasteiger partial charge in [0.15, 0.2) is 0 Å². The Kier molecular flexibility index (Phi) is 7.40. The van der Waals surface area contributed by atoms with Gasteiger partial charge in [-0.15, -0.1) is 13.2 Å². The van der Waals surface area contributed by atoms with E-state index in [2.05, 4.69) is 17.9 Å². The minimum Gasteiger partial charge on any atom is -0.434 e. The van der Waals surface area contributed by atoms with Crippen molar-refractivity contribution in [1.82, 2.24) is 0 Å². The summed E-state index contributed by atoms with van der Waals surface area (Å²) in [6.07, 6.45) is 11.2. The lowest BCUT2D eigenvalue weighted by molar-refractivity contribution is -0.0505. The minimum atomic E-state index is -2.98. The first-order valence-corrected chi connectivity index (χ1v) is 10.4. The monoisotopic (exact) mass is 402 g/mol. The number of ether oxygens (including phenoxy) is 1. The third-order valence-corrected chi connectivity index (χ3v) is 6.07. The van der Waals surface area contributed by atoms with Crippen LogP contribution in [0.3, 0.4) is 0 Å². The molecule has 2 aromatic rings. The summed E-state index contributed by atoms with van der Waals surface area (Å²) in [5.74, 6) is 0.639. The smallest absolute Gasteiger partial charge is 0.387 e. The van der Waals surface area contributed by atoms with Crippen LogP contribution in [0.25, 0.3) is 10.8 Å². The van der Waals surface area contributed by atoms with Crippen LogP contribution in [-0.2, 0) is 6.42 Å². The molecular weight excluding hydrogens is 373 g/mol. The summed E-state index contributed by atoms with van der Waals surface area (Å²) in [7, 11) is 0. The van der Waals surface area contributed by atoms with Crippen LogP contribution in [0, 0.1) is 11.7 Å². The quantitative estimate of drug-likeness (QED) is 0.387. The molecule has 0 heterocycles. The van der Waals surface area contributed by atoms with E-state index in [0.29, 0.717) is 23.1 Å². The Bertz CT molecular complexity index is 851. The van der Waals surface area contributed by atoms with Crippen LogP contribution in [0.15, 0.2) is 49.6 Å². The maximum absolute atomic E-state index is 15.1. The highest BCUT2D eigenvalue weighted by atomic mass is 19.3. The van der Waals surface area contributed by atoms with Crippen molar-refractivity contribution in [3.63, 3.8) is 0 Å². The molecule has 0 spiro atoms. The molecular formula is C25H29F3O. The third kappa shape index (κ3) is 5.23. The molecule has 0 aromatic heterocycles. The first kappa shape index (κ1) is 21.5. The van der Waals surface area contributed by atoms with E-state index in [0.717, 1.165) is 30.7 Å². The molecule has 0 aliphatic heterocycles. The topological polar surface area (TPSA) is 9.23 Å². The van der Waals surface area contributed by atoms with Crippen LogP contribution in [0.5, 0.6) is 5.75 Å². The zero-order valence-electron chi connectivity index (χ0n) is 16.8. The van der Waals surface area contributed by atoms with Crippen molar-refractivity contribution in [2.45, 2.75) is 63.9 Å². The molecule has 3 rings (SSSR count). The Hall–Kier alpha value is -2.23. The molecule has 1 fully saturated rings. The van der Waals surface area contributed by atoms with Gasteiger partial charge in [-0.2, -0.15) is 8.78 Å². The van der Waals surface area contributed by atoms with Gasteiger partial charge in [0.25, 0.3) is 0 Å². The third-order valence-electron chi connectivity index (χ3n) is 6.07. The zero-order valence-corrected chi connectivity index (χ0v) is 16.8. The van der Waals surface area contributed by atoms with E-state index >= 15 is 4.39 Å². The molecule has 0 bridgehead atoms. The molecule has 2 aromatic carbocycles. The van der Waals surface area contributed by atoms with Crippen LogP contribution >= 0.6 is 0 Å². The summed E-state index contributed by atoms with van der Waals surface area (Å²) in [5, 5.41) is 1.07. The van der Waals surface area contributed by atoms with Crippen molar-refractivity contribution in [3.05, 3.63) is 66.5 Å². The second-order valence-electron chi connectivity index (χ2n) is 7.94. The van der Waals surface area contributed by atoms with E-state index < -0.39 is 12.4 Å². The van der Waals surface area contributed by atoms with Gasteiger partial charge in [0.05, 0.1) is 0 Å². The molecule has 0 amide bonds. The minimum absolute atomic E-state index is 0.0721. The predicted molar refractivity (Wildman–Crippen MR) is 113 cm³/mol. The number of halogens is 3. The van der Waals surface area contributed by atoms with Gasteiger partial charge < -0.3 is 4.74 Å². The molecule has 1 aliphatic rings. The van der Waals surface area contributed by atoms with Gasteiger partial charge in [-0.05, 0) is 80.2 Å². The molecule has 1 nitrogen and oxygen atoms in total. The van der Waals surface area contributed by atoms with Crippen LogP contribution in [0.1, 0.15) is 62.0 Å². The first-order valence-electron chi connectivity index (χ1n) is 10.4. The predicted octanol–water partition coefficient (Wildman–Crippen LogP) is 7.94. The highest BCUT2D eigenvalue weighted by Crippen LogP contribution is 2.40. The fraction of sp³-hybridized carbons (Fsp3) is 0.440. The van der Waals surface area contributed by atoms with Crippen molar-refractivity contribution in [1.29, 1.82) is 0 Å². The first-order chi connectivity index (χ1) is 14.0. The molecule has 0 atom stereocenters. The number of benzene rings is 2. The fourth-order valence-corrected chi connectivity index (χ4v) is 4.47. The molecule has 1 saturated carbocycles. The van der Waals surface area contributed by atoms with Crippen molar-refractivity contribution >= 4 is 10.8 Å². The van der Waals surface area contributed by atoms with E-state index in [1.54, 1.807) is 18.2 Å². The number of alkyl halides is 2. The summed E-state index contributed by atoms with van der Waals surface area (Å²) in [6.45, 7) is 4.44. The molecule has 1 aliphatic carbocycles. The highest BCUT2D eigenvalue weighted by Gasteiger charge is 2.23. The largest absolute Gasteiger partial charge is 0.434 e. The summed E-state index contributed by atoms with van der Waals surface area (Å²) in [6, 6.07) is 7.28. The Labute approximate surface area is 171 Å². The maximum atomic E-state index is 15.1. The van der Waals surface area contributed by atoms with Crippen molar-refractivity contribution in [2.75, 3.05) is 0 Å². The van der Waals surface area contributed by atoms with Crippen LogP contribution in [0.2, 0.25) is 0 Å². The van der Waals surface area contributed by atoms with E-state index in [9.17, 15) is 8.78 Å². The Morgan fingerprint density at radius 2 is 1.76 bits per heavy atom. The van der Waals surface area contributed by atoms with Gasteiger partial charge in [-0.1, -0.05) is 30.4 Å². The molecule has 0 N–H and O–H groups in total. The van der Waals surface area contributed by atoms with E-state index in [1.807, 2.05) is 18.2 Å². The summed E-state index contributed by atoms with van der Waals surface area (Å²) >= 11 is 0. The highest BCUT2D eigenvalue weighted by molar-refractivity contribution is 5.86. The van der Waals surface area contributed by atoms with Gasteiger partial charge in [0.2, 0.25) is 0 Å². The molecule has 156 valence electrons. The fourth-order valence-electron chi connectivity index (χ4n) is 4.47. The van der Waals surface area contributed by atoms with Crippen molar-refractivity contribution in [2.24, 2.45) is 5.92 Å². The number of allylic oxidation sites excluding steroid dienone is 2. The van der Waals surface area contributed by atoms with E-state index in [-0.39, 0.29) is 17.7 Å². The summed E-state index contributed by atoms with van der Waals surface area (Å²) in [4.78, 5) is 0. The molecule has 4 heteroatoms. The summed E-state index contributed by atoms with van der Waals surface area (Å²) in [5.41, 5.74) is 1.34. The van der Waals surface area contributed by atoms with Gasteiger partial charge in [-0.3, -0.25) is 0 Å². The van der Waals surface area contributed by atoms with Gasteiger partial charge in [0.1, 0.15) is 11.6 Å². The Morgan fingerprint density at radius 1 is 1.03 bits per heavy atom. The Morgan fingerprint density at radius 3 is 2.41 bits per heavy atom. The molecule has 0 unspecified atom stereocenters. The maximum Gasteiger partial charge on any atom is 0.387 e. The normalized spacial score (nSPS) is 19.4. The molecule has 0 saturated heterocycles. The lowest BCUT2D eigenvalue weighted by Crippen LogP contribution is -2.13. The van der Waals surface area contributed by atoms with E-state index in [4.69, 9.17) is 0 Å². The number of rotatable bonds is 9. The average molecular weight is 403 g/mol. The summed E-state index contributed by atoms with van der Waals surface area (Å²) < 4.78 is 45.5. The van der Waals surface area contributed by atoms with Gasteiger partial charge in [-0.25, -0.2) is 4.39 Å². The van der Waals surface area contributed by atoms with Gasteiger partial charge >= 0.3 is 6.61 Å². The van der Waals surface area contributed by atoms with Crippen LogP contribution < -0.4 is 4.74 Å². The molecule has 29 heavy (non-hydrogen) atoms. The lowest BCUT2D eigenvalue weighted by atomic mass is 9.77. The molecule has 0 radical (unpaired) electrons. The standard InChI is InChI=1S/C25H29F3O/c1-3-5-7-17-9-11-18(12-10-17)19-13-14-21-20(15-19)16-23(29-25(27)28)22(24(21)26)8-6-4-2/h3-4,13-18,25H,1-2,5-12H2. The Balaban J connectivity index is 1.87. The SMILES string of the molecule is C=CCCc1c(OC(F)F)cc2cc(C3CCC(CCC=C)CC3)ccc2c1F. The second-order valence-corrected chi connectivity index (χ2v) is 7.94. The lowest BCUT2D eigenvalue weighted by Gasteiger charge is -2.29. The number of fused-ring (bicyclic) bond motifs is 1. The van der Waals surface area contributed by atoms with Crippen LogP contribution in [-0.4, -0.2) is 6.61 Å².